The highest BCUT2D eigenvalue weighted by atomic mass is 19.4. The summed E-state index contributed by atoms with van der Waals surface area (Å²) in [5, 5.41) is 2.77. The number of aromatic nitrogens is 1. The van der Waals surface area contributed by atoms with Gasteiger partial charge in [-0.05, 0) is 56.2 Å². The number of piperazine rings is 1. The number of benzene rings is 2. The van der Waals surface area contributed by atoms with Crippen molar-refractivity contribution in [2.24, 2.45) is 5.92 Å². The molecule has 1 aliphatic carbocycles. The highest BCUT2D eigenvalue weighted by Gasteiger charge is 2.59. The van der Waals surface area contributed by atoms with Gasteiger partial charge in [-0.3, -0.25) is 19.4 Å². The van der Waals surface area contributed by atoms with Crippen molar-refractivity contribution in [2.45, 2.75) is 63.9 Å². The predicted octanol–water partition coefficient (Wildman–Crippen LogP) is 6.05. The second-order valence-corrected chi connectivity index (χ2v) is 12.7. The molecule has 0 spiro atoms. The van der Waals surface area contributed by atoms with Crippen molar-refractivity contribution in [3.05, 3.63) is 76.5 Å². The van der Waals surface area contributed by atoms with Gasteiger partial charge >= 0.3 is 6.18 Å². The fourth-order valence-electron chi connectivity index (χ4n) is 6.90. The SMILES string of the molecule is CC(C)N1CCN(Cc2ccc(C(=O)C[C@@H]3[C@H]4Oc5ccc(Oc6ccnc7c6CCC(=O)N7)cc5[C@@H]34)cc2C(F)(F)F)CC1. The number of carbonyl (C=O) groups excluding carboxylic acids is 2. The summed E-state index contributed by atoms with van der Waals surface area (Å²) in [5.41, 5.74) is 1.29. The number of fused-ring (bicyclic) bond motifs is 4. The molecule has 11 heteroatoms. The molecule has 3 aliphatic heterocycles. The molecule has 2 aromatic carbocycles. The third kappa shape index (κ3) is 5.91. The lowest BCUT2D eigenvalue weighted by Gasteiger charge is -2.37. The number of nitrogens with one attached hydrogen (secondary N) is 1. The fourth-order valence-corrected chi connectivity index (χ4v) is 6.90. The van der Waals surface area contributed by atoms with Gasteiger partial charge in [-0.15, -0.1) is 0 Å². The Morgan fingerprint density at radius 3 is 2.64 bits per heavy atom. The number of hydrogen-bond donors (Lipinski definition) is 1. The first-order valence-electron chi connectivity index (χ1n) is 15.5. The number of amides is 1. The minimum absolute atomic E-state index is 0.0241. The number of Topliss-reactive ketones (excluding diaryl/α,β-unsaturated/α-hetero) is 1. The van der Waals surface area contributed by atoms with Crippen molar-refractivity contribution in [1.82, 2.24) is 14.8 Å². The molecule has 1 saturated heterocycles. The van der Waals surface area contributed by atoms with E-state index in [9.17, 15) is 22.8 Å². The molecule has 1 amide bonds. The summed E-state index contributed by atoms with van der Waals surface area (Å²) in [4.78, 5) is 33.6. The van der Waals surface area contributed by atoms with Crippen molar-refractivity contribution in [2.75, 3.05) is 31.5 Å². The highest BCUT2D eigenvalue weighted by Crippen LogP contribution is 2.60. The molecule has 0 radical (unpaired) electrons. The predicted molar refractivity (Wildman–Crippen MR) is 161 cm³/mol. The summed E-state index contributed by atoms with van der Waals surface area (Å²) in [7, 11) is 0. The molecule has 236 valence electrons. The molecule has 4 aliphatic rings. The first-order valence-corrected chi connectivity index (χ1v) is 15.5. The summed E-state index contributed by atoms with van der Waals surface area (Å²) in [6.45, 7) is 7.51. The zero-order valence-electron chi connectivity index (χ0n) is 25.2. The number of halogens is 3. The Labute approximate surface area is 259 Å². The number of pyridine rings is 1. The monoisotopic (exact) mass is 620 g/mol. The molecule has 3 aromatic rings. The van der Waals surface area contributed by atoms with Gasteiger partial charge in [0.25, 0.3) is 0 Å². The average Bonchev–Trinajstić information content (AvgIpc) is 3.52. The summed E-state index contributed by atoms with van der Waals surface area (Å²) >= 11 is 0. The van der Waals surface area contributed by atoms with Crippen LogP contribution in [-0.2, 0) is 23.9 Å². The molecule has 4 heterocycles. The molecule has 7 rings (SSSR count). The van der Waals surface area contributed by atoms with E-state index in [4.69, 9.17) is 9.47 Å². The molecular weight excluding hydrogens is 585 g/mol. The van der Waals surface area contributed by atoms with Gasteiger partial charge in [-0.2, -0.15) is 13.2 Å². The number of alkyl halides is 3. The third-order valence-electron chi connectivity index (χ3n) is 9.49. The first-order chi connectivity index (χ1) is 21.5. The number of carbonyl (C=O) groups is 2. The van der Waals surface area contributed by atoms with E-state index in [-0.39, 0.29) is 53.7 Å². The van der Waals surface area contributed by atoms with Crippen LogP contribution in [0.15, 0.2) is 48.7 Å². The van der Waals surface area contributed by atoms with E-state index < -0.39 is 11.7 Å². The first kappa shape index (κ1) is 29.7. The average molecular weight is 621 g/mol. The van der Waals surface area contributed by atoms with Crippen LogP contribution in [0.2, 0.25) is 0 Å². The van der Waals surface area contributed by atoms with Crippen LogP contribution in [0.1, 0.15) is 65.2 Å². The number of hydrogen-bond acceptors (Lipinski definition) is 7. The Hall–Kier alpha value is -3.96. The largest absolute Gasteiger partial charge is 0.489 e. The summed E-state index contributed by atoms with van der Waals surface area (Å²) < 4.78 is 54.7. The van der Waals surface area contributed by atoms with Crippen molar-refractivity contribution < 1.29 is 32.2 Å². The van der Waals surface area contributed by atoms with Crippen molar-refractivity contribution in [3.8, 4) is 17.2 Å². The number of rotatable bonds is 8. The molecule has 0 bridgehead atoms. The molecule has 1 saturated carbocycles. The van der Waals surface area contributed by atoms with Crippen LogP contribution >= 0.6 is 0 Å². The van der Waals surface area contributed by atoms with Gasteiger partial charge in [0.1, 0.15) is 29.2 Å². The van der Waals surface area contributed by atoms with Gasteiger partial charge in [0.15, 0.2) is 5.78 Å². The molecule has 2 fully saturated rings. The Balaban J connectivity index is 1.02. The maximum absolute atomic E-state index is 14.2. The maximum Gasteiger partial charge on any atom is 0.416 e. The molecule has 45 heavy (non-hydrogen) atoms. The van der Waals surface area contributed by atoms with Gasteiger partial charge < -0.3 is 14.8 Å². The number of anilines is 1. The molecular formula is C34H35F3N4O4. The maximum atomic E-state index is 14.2. The lowest BCUT2D eigenvalue weighted by Crippen LogP contribution is -2.48. The smallest absolute Gasteiger partial charge is 0.416 e. The van der Waals surface area contributed by atoms with E-state index >= 15 is 0 Å². The Morgan fingerprint density at radius 1 is 1.09 bits per heavy atom. The van der Waals surface area contributed by atoms with Gasteiger partial charge in [-0.25, -0.2) is 4.98 Å². The molecule has 1 N–H and O–H groups in total. The van der Waals surface area contributed by atoms with Crippen LogP contribution in [0.3, 0.4) is 0 Å². The zero-order chi connectivity index (χ0) is 31.5. The summed E-state index contributed by atoms with van der Waals surface area (Å²) in [6, 6.07) is 11.7. The van der Waals surface area contributed by atoms with Gasteiger partial charge in [0, 0.05) is 86.3 Å². The topological polar surface area (TPSA) is 84.0 Å². The van der Waals surface area contributed by atoms with E-state index in [0.717, 1.165) is 36.0 Å². The van der Waals surface area contributed by atoms with Crippen LogP contribution in [-0.4, -0.2) is 64.8 Å². The second kappa shape index (κ2) is 11.4. The quantitative estimate of drug-likeness (QED) is 0.307. The van der Waals surface area contributed by atoms with Gasteiger partial charge in [-0.1, -0.05) is 12.1 Å². The van der Waals surface area contributed by atoms with Crippen molar-refractivity contribution in [1.29, 1.82) is 0 Å². The molecule has 1 aromatic heterocycles. The van der Waals surface area contributed by atoms with E-state index in [1.54, 1.807) is 12.3 Å². The van der Waals surface area contributed by atoms with E-state index in [1.807, 2.05) is 23.1 Å². The molecule has 0 unspecified atom stereocenters. The van der Waals surface area contributed by atoms with Gasteiger partial charge in [0.05, 0.1) is 5.56 Å². The van der Waals surface area contributed by atoms with E-state index in [2.05, 4.69) is 29.0 Å². The van der Waals surface area contributed by atoms with Crippen molar-refractivity contribution >= 4 is 17.5 Å². The van der Waals surface area contributed by atoms with Crippen LogP contribution in [0.25, 0.3) is 0 Å². The van der Waals surface area contributed by atoms with Crippen LogP contribution in [0.4, 0.5) is 19.0 Å². The Kier molecular flexibility index (Phi) is 7.56. The van der Waals surface area contributed by atoms with E-state index in [0.29, 0.717) is 49.3 Å². The highest BCUT2D eigenvalue weighted by molar-refractivity contribution is 5.97. The Bertz CT molecular complexity index is 1650. The number of ether oxygens (including phenoxy) is 2. The lowest BCUT2D eigenvalue weighted by molar-refractivity contribution is -0.138. The van der Waals surface area contributed by atoms with E-state index in [1.165, 1.54) is 12.1 Å². The van der Waals surface area contributed by atoms with Crippen LogP contribution in [0, 0.1) is 5.92 Å². The summed E-state index contributed by atoms with van der Waals surface area (Å²) in [5.74, 6) is 1.89. The standard InChI is InChI=1S/C34H35F3N4O4/c1-19(2)41-13-11-40(12-14-41)18-21-4-3-20(15-26(21)34(35,36)37)27(42)17-25-31-24-16-22(5-7-28(24)45-32(25)31)44-29-9-10-38-33-23(29)6-8-30(43)39-33/h3-5,7,9-10,15-16,19,25,31-32H,6,8,11-14,17-18H2,1-2H3,(H,38,39,43)/t25-,31-,32+/m0/s1. The molecule has 8 nitrogen and oxygen atoms in total. The number of ketones is 1. The third-order valence-corrected chi connectivity index (χ3v) is 9.49. The Morgan fingerprint density at radius 2 is 1.89 bits per heavy atom. The minimum Gasteiger partial charge on any atom is -0.489 e. The van der Waals surface area contributed by atoms with Crippen molar-refractivity contribution in [3.63, 3.8) is 0 Å². The number of nitrogens with zero attached hydrogens (tertiary/aromatic N) is 3. The zero-order valence-corrected chi connectivity index (χ0v) is 25.2. The van der Waals surface area contributed by atoms with Crippen LogP contribution < -0.4 is 14.8 Å². The normalized spacial score (nSPS) is 22.7. The van der Waals surface area contributed by atoms with Crippen LogP contribution in [0.5, 0.6) is 17.2 Å². The second-order valence-electron chi connectivity index (χ2n) is 12.7. The molecule has 3 atom stereocenters. The van der Waals surface area contributed by atoms with Gasteiger partial charge in [0.2, 0.25) is 5.91 Å². The minimum atomic E-state index is -4.56. The lowest BCUT2D eigenvalue weighted by atomic mass is 9.97. The summed E-state index contributed by atoms with van der Waals surface area (Å²) in [6.07, 6.45) is -2.17. The fraction of sp³-hybridized carbons (Fsp3) is 0.441.